The molecule has 1 heterocycles. The number of nitrogens with zero attached hydrogens (tertiary/aromatic N) is 1. The van der Waals surface area contributed by atoms with Crippen molar-refractivity contribution in [3.8, 4) is 11.5 Å². The van der Waals surface area contributed by atoms with Crippen molar-refractivity contribution in [1.29, 1.82) is 0 Å². The summed E-state index contributed by atoms with van der Waals surface area (Å²) in [5, 5.41) is 27.7. The van der Waals surface area contributed by atoms with Crippen molar-refractivity contribution in [3.05, 3.63) is 124 Å². The van der Waals surface area contributed by atoms with Crippen LogP contribution in [-0.4, -0.2) is 55.3 Å². The van der Waals surface area contributed by atoms with Gasteiger partial charge in [-0.1, -0.05) is 62.4 Å². The normalized spacial score (nSPS) is 12.0. The number of ether oxygens (including phenoxy) is 1. The van der Waals surface area contributed by atoms with Crippen LogP contribution < -0.4 is 21.1 Å². The first-order chi connectivity index (χ1) is 26.3. The number of aliphatic hydroxyl groups is 1. The van der Waals surface area contributed by atoms with E-state index in [4.69, 9.17) is 10.5 Å². The van der Waals surface area contributed by atoms with Crippen LogP contribution in [-0.2, 0) is 22.0 Å². The molecule has 1 atom stereocenters. The number of aryl methyl sites for hydroxylation is 1. The molecule has 6 N–H and O–H groups in total. The second kappa shape index (κ2) is 18.7. The second-order valence-corrected chi connectivity index (χ2v) is 16.2. The first kappa shape index (κ1) is 40.7. The fourth-order valence-corrected chi connectivity index (χ4v) is 7.53. The number of nitrogens with two attached hydrogens (primary N) is 1. The van der Waals surface area contributed by atoms with Gasteiger partial charge in [0.1, 0.15) is 11.5 Å². The lowest BCUT2D eigenvalue weighted by atomic mass is 9.97. The average Bonchev–Trinajstić information content (AvgIpc) is 3.14. The standard InChI is InChI=1S/C43H50N4O7S/c1-28-20-30(23-36-40(28)46-26-37(42(44)50)41(36)47-34-14-11-15-35(25-34)54-2)21-29-12-10-13-32(22-29)43(51)45-19-9-7-5-4-6-8-16-38(48)31-17-18-39(49)33(24-31)27-55(3,52)53/h10-15,17-18,20,22-26,38,48-49H,4-9,16,19,21,27H2,1-3H3,(H2,44,50)(H,45,51)(H,46,47)/t38-/m0/s1. The van der Waals surface area contributed by atoms with Crippen LogP contribution >= 0.6 is 0 Å². The molecule has 5 rings (SSSR count). The molecule has 0 unspecified atom stereocenters. The molecule has 290 valence electrons. The molecule has 5 aromatic rings. The Kier molecular flexibility index (Phi) is 13.9. The third-order valence-corrected chi connectivity index (χ3v) is 10.4. The zero-order valence-corrected chi connectivity index (χ0v) is 32.4. The largest absolute Gasteiger partial charge is 0.508 e. The van der Waals surface area contributed by atoms with Crippen LogP contribution in [0.3, 0.4) is 0 Å². The van der Waals surface area contributed by atoms with E-state index in [1.807, 2.05) is 61.5 Å². The number of phenolic OH excluding ortho intramolecular Hbond substituents is 1. The van der Waals surface area contributed by atoms with Crippen molar-refractivity contribution < 1.29 is 33.0 Å². The number of unbranched alkanes of at least 4 members (excludes halogenated alkanes) is 5. The Labute approximate surface area is 322 Å². The van der Waals surface area contributed by atoms with Gasteiger partial charge in [-0.3, -0.25) is 14.6 Å². The highest BCUT2D eigenvalue weighted by molar-refractivity contribution is 7.89. The van der Waals surface area contributed by atoms with Crippen LogP contribution in [0.5, 0.6) is 11.5 Å². The Morgan fingerprint density at radius 3 is 2.40 bits per heavy atom. The van der Waals surface area contributed by atoms with Gasteiger partial charge in [-0.25, -0.2) is 8.42 Å². The number of methoxy groups -OCH3 is 1. The lowest BCUT2D eigenvalue weighted by Gasteiger charge is -2.16. The van der Waals surface area contributed by atoms with E-state index in [9.17, 15) is 28.2 Å². The van der Waals surface area contributed by atoms with Gasteiger partial charge in [0.05, 0.1) is 35.7 Å². The second-order valence-electron chi connectivity index (χ2n) is 14.1. The predicted octanol–water partition coefficient (Wildman–Crippen LogP) is 7.43. The number of sulfone groups is 1. The number of rotatable bonds is 19. The van der Waals surface area contributed by atoms with Crippen molar-refractivity contribution in [2.24, 2.45) is 5.73 Å². The highest BCUT2D eigenvalue weighted by Gasteiger charge is 2.17. The van der Waals surface area contributed by atoms with Crippen LogP contribution in [0.25, 0.3) is 10.9 Å². The molecule has 11 nitrogen and oxygen atoms in total. The Hall–Kier alpha value is -5.46. The first-order valence-electron chi connectivity index (χ1n) is 18.5. The van der Waals surface area contributed by atoms with Crippen molar-refractivity contribution in [1.82, 2.24) is 10.3 Å². The van der Waals surface area contributed by atoms with Gasteiger partial charge < -0.3 is 31.3 Å². The summed E-state index contributed by atoms with van der Waals surface area (Å²) in [5.74, 6) is -0.407. The summed E-state index contributed by atoms with van der Waals surface area (Å²) in [6.07, 6.45) is 8.61. The van der Waals surface area contributed by atoms with Crippen molar-refractivity contribution in [2.45, 2.75) is 70.1 Å². The van der Waals surface area contributed by atoms with Gasteiger partial charge in [0, 0.05) is 47.3 Å². The van der Waals surface area contributed by atoms with E-state index in [1.165, 1.54) is 12.3 Å². The van der Waals surface area contributed by atoms with Gasteiger partial charge in [0.15, 0.2) is 9.84 Å². The van der Waals surface area contributed by atoms with E-state index < -0.39 is 21.8 Å². The number of amides is 2. The third kappa shape index (κ3) is 11.5. The van der Waals surface area contributed by atoms with E-state index in [1.54, 1.807) is 19.2 Å². The lowest BCUT2D eigenvalue weighted by molar-refractivity contribution is 0.0951. The maximum Gasteiger partial charge on any atom is 0.252 e. The monoisotopic (exact) mass is 766 g/mol. The summed E-state index contributed by atoms with van der Waals surface area (Å²) in [6.45, 7) is 2.55. The molecule has 55 heavy (non-hydrogen) atoms. The number of carbonyl (C=O) groups is 2. The maximum absolute atomic E-state index is 13.1. The number of hydrogen-bond acceptors (Lipinski definition) is 9. The Morgan fingerprint density at radius 2 is 1.65 bits per heavy atom. The maximum atomic E-state index is 13.1. The third-order valence-electron chi connectivity index (χ3n) is 9.52. The van der Waals surface area contributed by atoms with Crippen LogP contribution in [0.2, 0.25) is 0 Å². The van der Waals surface area contributed by atoms with E-state index in [0.717, 1.165) is 78.1 Å². The fourth-order valence-electron chi connectivity index (χ4n) is 6.73. The molecule has 0 saturated carbocycles. The number of hydrogen-bond donors (Lipinski definition) is 5. The number of aliphatic hydroxyl groups excluding tert-OH is 1. The number of anilines is 2. The number of phenols is 1. The molecule has 0 aliphatic rings. The molecule has 0 aliphatic carbocycles. The summed E-state index contributed by atoms with van der Waals surface area (Å²) in [7, 11) is -1.71. The molecule has 0 bridgehead atoms. The fraction of sp³-hybridized carbons (Fsp3) is 0.326. The van der Waals surface area contributed by atoms with Crippen LogP contribution in [0.15, 0.2) is 85.1 Å². The number of aromatic hydroxyl groups is 1. The molecule has 0 spiro atoms. The quantitative estimate of drug-likeness (QED) is 0.0534. The van der Waals surface area contributed by atoms with E-state index in [0.29, 0.717) is 47.5 Å². The minimum absolute atomic E-state index is 0.0891. The van der Waals surface area contributed by atoms with Crippen molar-refractivity contribution in [3.63, 3.8) is 0 Å². The molecule has 0 aliphatic heterocycles. The molecular weight excluding hydrogens is 717 g/mol. The summed E-state index contributed by atoms with van der Waals surface area (Å²) in [4.78, 5) is 30.1. The van der Waals surface area contributed by atoms with Gasteiger partial charge in [0.25, 0.3) is 11.8 Å². The zero-order chi connectivity index (χ0) is 39.5. The highest BCUT2D eigenvalue weighted by atomic mass is 32.2. The number of pyridine rings is 1. The number of primary amides is 1. The number of carbonyl (C=O) groups excluding carboxylic acids is 2. The van der Waals surface area contributed by atoms with Gasteiger partial charge in [-0.2, -0.15) is 0 Å². The van der Waals surface area contributed by atoms with Crippen molar-refractivity contribution >= 4 is 43.9 Å². The molecule has 12 heteroatoms. The number of nitrogens with one attached hydrogen (secondary N) is 2. The van der Waals surface area contributed by atoms with E-state index in [-0.39, 0.29) is 23.0 Å². The molecule has 4 aromatic carbocycles. The average molecular weight is 767 g/mol. The molecule has 0 radical (unpaired) electrons. The van der Waals surface area contributed by atoms with Crippen molar-refractivity contribution in [2.75, 3.05) is 25.2 Å². The van der Waals surface area contributed by atoms with Crippen LogP contribution in [0.4, 0.5) is 11.4 Å². The smallest absolute Gasteiger partial charge is 0.252 e. The molecule has 1 aromatic heterocycles. The Balaban J connectivity index is 1.10. The molecular formula is C43H50N4O7S. The van der Waals surface area contributed by atoms with E-state index in [2.05, 4.69) is 21.7 Å². The molecule has 0 fully saturated rings. The van der Waals surface area contributed by atoms with Crippen LogP contribution in [0, 0.1) is 6.92 Å². The van der Waals surface area contributed by atoms with Gasteiger partial charge >= 0.3 is 0 Å². The summed E-state index contributed by atoms with van der Waals surface area (Å²) >= 11 is 0. The molecule has 0 saturated heterocycles. The van der Waals surface area contributed by atoms with E-state index >= 15 is 0 Å². The van der Waals surface area contributed by atoms with Gasteiger partial charge in [0.2, 0.25) is 0 Å². The SMILES string of the molecule is COc1cccc(Nc2c(C(N)=O)cnc3c(C)cc(Cc4cccc(C(=O)NCCCCCCCC[C@H](O)c5ccc(O)c(CS(C)(=O)=O)c5)c4)cc23)c1. The molecule has 2 amide bonds. The lowest BCUT2D eigenvalue weighted by Crippen LogP contribution is -2.24. The summed E-state index contributed by atoms with van der Waals surface area (Å²) in [5.41, 5.74) is 12.5. The van der Waals surface area contributed by atoms with Crippen LogP contribution in [0.1, 0.15) is 99.6 Å². The van der Waals surface area contributed by atoms with Gasteiger partial charge in [-0.15, -0.1) is 0 Å². The predicted molar refractivity (Wildman–Crippen MR) is 217 cm³/mol. The first-order valence-corrected chi connectivity index (χ1v) is 20.5. The Morgan fingerprint density at radius 1 is 0.909 bits per heavy atom. The summed E-state index contributed by atoms with van der Waals surface area (Å²) < 4.78 is 28.7. The zero-order valence-electron chi connectivity index (χ0n) is 31.6. The Bertz CT molecular complexity index is 2260. The summed E-state index contributed by atoms with van der Waals surface area (Å²) in [6, 6.07) is 23.7. The number of aromatic nitrogens is 1. The topological polar surface area (TPSA) is 181 Å². The van der Waals surface area contributed by atoms with Gasteiger partial charge in [-0.05, 0) is 90.9 Å². The minimum atomic E-state index is -3.31. The number of benzene rings is 4. The highest BCUT2D eigenvalue weighted by Crippen LogP contribution is 2.33. The number of fused-ring (bicyclic) bond motifs is 1. The minimum Gasteiger partial charge on any atom is -0.508 e.